The third-order valence-electron chi connectivity index (χ3n) is 4.93. The third-order valence-corrected chi connectivity index (χ3v) is 4.93. The summed E-state index contributed by atoms with van der Waals surface area (Å²) in [7, 11) is 0. The summed E-state index contributed by atoms with van der Waals surface area (Å²) in [4.78, 5) is 9.45. The lowest BCUT2D eigenvalue weighted by atomic mass is 9.99. The van der Waals surface area contributed by atoms with Crippen LogP contribution in [0, 0.1) is 6.92 Å². The van der Waals surface area contributed by atoms with Gasteiger partial charge in [-0.2, -0.15) is 0 Å². The van der Waals surface area contributed by atoms with E-state index in [4.69, 9.17) is 4.98 Å². The predicted octanol–water partition coefficient (Wildman–Crippen LogP) is 6.43. The average molecular weight is 346 g/mol. The van der Waals surface area contributed by atoms with E-state index in [0.29, 0.717) is 0 Å². The van der Waals surface area contributed by atoms with Crippen molar-refractivity contribution in [2.24, 2.45) is 0 Å². The monoisotopic (exact) mass is 346 g/mol. The van der Waals surface area contributed by atoms with E-state index in [1.54, 1.807) is 0 Å². The standard InChI is InChI=1S/C25H18N2/c1-17-15-24(27-25(26-17)19-8-3-2-4-9-19)21-13-14-23-20(16-21)12-11-18-7-5-6-10-22(18)23/h2-16H,1H3. The lowest BCUT2D eigenvalue weighted by molar-refractivity contribution is 1.12. The lowest BCUT2D eigenvalue weighted by Gasteiger charge is -2.09. The van der Waals surface area contributed by atoms with Gasteiger partial charge in [0.25, 0.3) is 0 Å². The molecule has 0 N–H and O–H groups in total. The highest BCUT2D eigenvalue weighted by atomic mass is 14.9. The molecule has 0 saturated heterocycles. The number of fused-ring (bicyclic) bond motifs is 3. The molecule has 1 aromatic heterocycles. The van der Waals surface area contributed by atoms with E-state index in [1.165, 1.54) is 21.5 Å². The topological polar surface area (TPSA) is 25.8 Å². The molecule has 2 nitrogen and oxygen atoms in total. The Morgan fingerprint density at radius 2 is 1.30 bits per heavy atom. The summed E-state index contributed by atoms with van der Waals surface area (Å²) < 4.78 is 0. The maximum absolute atomic E-state index is 4.83. The van der Waals surface area contributed by atoms with Gasteiger partial charge in [-0.15, -0.1) is 0 Å². The van der Waals surface area contributed by atoms with Gasteiger partial charge in [0, 0.05) is 16.8 Å². The number of aromatic nitrogens is 2. The molecule has 5 aromatic rings. The molecule has 0 atom stereocenters. The molecule has 2 heteroatoms. The van der Waals surface area contributed by atoms with Crippen molar-refractivity contribution in [3.05, 3.63) is 96.7 Å². The fourth-order valence-electron chi connectivity index (χ4n) is 3.61. The molecule has 0 unspecified atom stereocenters. The Labute approximate surface area is 158 Å². The van der Waals surface area contributed by atoms with Crippen LogP contribution in [0.25, 0.3) is 44.2 Å². The Morgan fingerprint density at radius 1 is 0.556 bits per heavy atom. The second-order valence-corrected chi connectivity index (χ2v) is 6.81. The Balaban J connectivity index is 1.67. The van der Waals surface area contributed by atoms with Crippen LogP contribution in [0.1, 0.15) is 5.69 Å². The Morgan fingerprint density at radius 3 is 2.19 bits per heavy atom. The highest BCUT2D eigenvalue weighted by molar-refractivity contribution is 6.08. The molecule has 5 rings (SSSR count). The SMILES string of the molecule is Cc1cc(-c2ccc3c(ccc4ccccc43)c2)nc(-c2ccccc2)n1. The van der Waals surface area contributed by atoms with Crippen molar-refractivity contribution in [1.82, 2.24) is 9.97 Å². The zero-order valence-corrected chi connectivity index (χ0v) is 15.1. The molecule has 0 aliphatic rings. The summed E-state index contributed by atoms with van der Waals surface area (Å²) in [6.07, 6.45) is 0. The fourth-order valence-corrected chi connectivity index (χ4v) is 3.61. The molecule has 0 spiro atoms. The summed E-state index contributed by atoms with van der Waals surface area (Å²) >= 11 is 0. The van der Waals surface area contributed by atoms with Crippen molar-refractivity contribution in [1.29, 1.82) is 0 Å². The van der Waals surface area contributed by atoms with Crippen LogP contribution in [-0.4, -0.2) is 9.97 Å². The Kier molecular flexibility index (Phi) is 3.68. The molecule has 4 aromatic carbocycles. The number of benzene rings is 4. The van der Waals surface area contributed by atoms with E-state index in [9.17, 15) is 0 Å². The first-order valence-electron chi connectivity index (χ1n) is 9.11. The molecule has 0 radical (unpaired) electrons. The van der Waals surface area contributed by atoms with Gasteiger partial charge < -0.3 is 0 Å². The van der Waals surface area contributed by atoms with Crippen molar-refractivity contribution in [2.45, 2.75) is 6.92 Å². The van der Waals surface area contributed by atoms with Gasteiger partial charge in [0.15, 0.2) is 5.82 Å². The first-order chi connectivity index (χ1) is 13.3. The van der Waals surface area contributed by atoms with Crippen molar-refractivity contribution in [3.63, 3.8) is 0 Å². The molecule has 0 fully saturated rings. The zero-order chi connectivity index (χ0) is 18.2. The number of rotatable bonds is 2. The lowest BCUT2D eigenvalue weighted by Crippen LogP contribution is -1.95. The first-order valence-corrected chi connectivity index (χ1v) is 9.11. The van der Waals surface area contributed by atoms with Gasteiger partial charge in [-0.1, -0.05) is 78.9 Å². The fraction of sp³-hybridized carbons (Fsp3) is 0.0400. The molecule has 0 aliphatic heterocycles. The van der Waals surface area contributed by atoms with Gasteiger partial charge in [0.2, 0.25) is 0 Å². The summed E-state index contributed by atoms with van der Waals surface area (Å²) in [5.41, 5.74) is 4.07. The van der Waals surface area contributed by atoms with Crippen LogP contribution < -0.4 is 0 Å². The number of nitrogens with zero attached hydrogens (tertiary/aromatic N) is 2. The minimum Gasteiger partial charge on any atom is -0.233 e. The van der Waals surface area contributed by atoms with Crippen LogP contribution in [0.15, 0.2) is 91.0 Å². The van der Waals surface area contributed by atoms with E-state index in [-0.39, 0.29) is 0 Å². The minimum atomic E-state index is 0.768. The van der Waals surface area contributed by atoms with E-state index < -0.39 is 0 Å². The molecular formula is C25H18N2. The van der Waals surface area contributed by atoms with Crippen LogP contribution in [0.5, 0.6) is 0 Å². The van der Waals surface area contributed by atoms with Crippen molar-refractivity contribution in [3.8, 4) is 22.6 Å². The third kappa shape index (κ3) is 2.85. The molecule has 0 aliphatic carbocycles. The van der Waals surface area contributed by atoms with E-state index >= 15 is 0 Å². The van der Waals surface area contributed by atoms with Gasteiger partial charge in [0.05, 0.1) is 5.69 Å². The molecule has 27 heavy (non-hydrogen) atoms. The quantitative estimate of drug-likeness (QED) is 0.344. The van der Waals surface area contributed by atoms with Crippen LogP contribution >= 0.6 is 0 Å². The Hall–Kier alpha value is -3.52. The summed E-state index contributed by atoms with van der Waals surface area (Å²) in [5, 5.41) is 5.04. The van der Waals surface area contributed by atoms with E-state index in [0.717, 1.165) is 28.3 Å². The molecular weight excluding hydrogens is 328 g/mol. The molecule has 0 amide bonds. The van der Waals surface area contributed by atoms with Gasteiger partial charge in [-0.25, -0.2) is 9.97 Å². The molecule has 128 valence electrons. The van der Waals surface area contributed by atoms with Gasteiger partial charge >= 0.3 is 0 Å². The van der Waals surface area contributed by atoms with Crippen LogP contribution in [0.2, 0.25) is 0 Å². The second-order valence-electron chi connectivity index (χ2n) is 6.81. The van der Waals surface area contributed by atoms with Crippen molar-refractivity contribution < 1.29 is 0 Å². The minimum absolute atomic E-state index is 0.768. The molecule has 0 bridgehead atoms. The summed E-state index contributed by atoms with van der Waals surface area (Å²) in [6, 6.07) is 31.6. The van der Waals surface area contributed by atoms with Gasteiger partial charge in [-0.05, 0) is 40.6 Å². The maximum atomic E-state index is 4.83. The summed E-state index contributed by atoms with van der Waals surface area (Å²) in [6.45, 7) is 2.02. The number of aryl methyl sites for hydroxylation is 1. The van der Waals surface area contributed by atoms with Crippen LogP contribution in [0.4, 0.5) is 0 Å². The van der Waals surface area contributed by atoms with E-state index in [1.807, 2.05) is 37.3 Å². The maximum Gasteiger partial charge on any atom is 0.160 e. The number of hydrogen-bond acceptors (Lipinski definition) is 2. The summed E-state index contributed by atoms with van der Waals surface area (Å²) in [5.74, 6) is 0.768. The first kappa shape index (κ1) is 15.7. The smallest absolute Gasteiger partial charge is 0.160 e. The predicted molar refractivity (Wildman–Crippen MR) is 113 cm³/mol. The van der Waals surface area contributed by atoms with E-state index in [2.05, 4.69) is 65.6 Å². The van der Waals surface area contributed by atoms with Gasteiger partial charge in [-0.3, -0.25) is 0 Å². The van der Waals surface area contributed by atoms with Crippen molar-refractivity contribution >= 4 is 21.5 Å². The zero-order valence-electron chi connectivity index (χ0n) is 15.1. The largest absolute Gasteiger partial charge is 0.233 e. The normalized spacial score (nSPS) is 11.1. The second kappa shape index (κ2) is 6.33. The van der Waals surface area contributed by atoms with Crippen molar-refractivity contribution in [2.75, 3.05) is 0 Å². The van der Waals surface area contributed by atoms with Crippen LogP contribution in [-0.2, 0) is 0 Å². The Bertz CT molecular complexity index is 1270. The number of hydrogen-bond donors (Lipinski definition) is 0. The van der Waals surface area contributed by atoms with Crippen LogP contribution in [0.3, 0.4) is 0 Å². The molecule has 0 saturated carbocycles. The molecule has 1 heterocycles. The average Bonchev–Trinajstić information content (AvgIpc) is 2.73. The highest BCUT2D eigenvalue weighted by Crippen LogP contribution is 2.30. The van der Waals surface area contributed by atoms with Gasteiger partial charge in [0.1, 0.15) is 0 Å². The highest BCUT2D eigenvalue weighted by Gasteiger charge is 2.08.